The molecule has 8 nitrogen and oxygen atoms in total. The van der Waals surface area contributed by atoms with Crippen LogP contribution in [-0.4, -0.2) is 85.5 Å². The number of pyridine rings is 1. The number of carboxylic acid groups (broad SMARTS) is 1. The van der Waals surface area contributed by atoms with Gasteiger partial charge in [0.25, 0.3) is 0 Å². The summed E-state index contributed by atoms with van der Waals surface area (Å²) in [6, 6.07) is 4.93. The lowest BCUT2D eigenvalue weighted by Gasteiger charge is -2.36. The number of benzene rings is 1. The molecular formula is C33H46F2N4O4. The van der Waals surface area contributed by atoms with E-state index >= 15 is 8.78 Å². The topological polar surface area (TPSA) is 87.2 Å². The summed E-state index contributed by atoms with van der Waals surface area (Å²) in [6.07, 6.45) is 8.28. The van der Waals surface area contributed by atoms with Crippen molar-refractivity contribution in [2.24, 2.45) is 0 Å². The molecule has 3 aliphatic heterocycles. The number of ether oxygens (including phenoxy) is 2. The first-order valence-corrected chi connectivity index (χ1v) is 15.8. The number of fused-ring (bicyclic) bond motifs is 1. The maximum absolute atomic E-state index is 15.4. The Hall–Kier alpha value is -2.82. The van der Waals surface area contributed by atoms with E-state index in [2.05, 4.69) is 29.4 Å². The summed E-state index contributed by atoms with van der Waals surface area (Å²) in [5.74, 6) is -2.47. The summed E-state index contributed by atoms with van der Waals surface area (Å²) in [6.45, 7) is 5.77. The molecule has 4 heterocycles. The SMILES string of the molecule is COc1c([C@H](C(=O)O)N2CC[C@@H](N(C)CCCCCc3ccc4c(n3)NCCC4)C2)cc(C2(C)CCOCC2)c(F)c1F. The van der Waals surface area contributed by atoms with Crippen molar-refractivity contribution in [2.45, 2.75) is 82.2 Å². The van der Waals surface area contributed by atoms with Crippen molar-refractivity contribution in [1.29, 1.82) is 0 Å². The molecule has 43 heavy (non-hydrogen) atoms. The number of carbonyl (C=O) groups is 1. The molecule has 236 valence electrons. The molecule has 2 fully saturated rings. The molecule has 0 unspecified atom stereocenters. The Morgan fingerprint density at radius 2 is 2.05 bits per heavy atom. The van der Waals surface area contributed by atoms with Gasteiger partial charge >= 0.3 is 5.97 Å². The number of likely N-dealkylation sites (tertiary alicyclic amines) is 1. The van der Waals surface area contributed by atoms with Crippen LogP contribution in [-0.2, 0) is 27.8 Å². The van der Waals surface area contributed by atoms with Crippen molar-refractivity contribution in [3.05, 3.63) is 52.2 Å². The van der Waals surface area contributed by atoms with Crippen LogP contribution in [0.5, 0.6) is 5.75 Å². The van der Waals surface area contributed by atoms with Crippen LogP contribution in [0.15, 0.2) is 18.2 Å². The number of hydrogen-bond donors (Lipinski definition) is 2. The predicted octanol–water partition coefficient (Wildman–Crippen LogP) is 5.34. The number of anilines is 1. The van der Waals surface area contributed by atoms with Crippen molar-refractivity contribution < 1.29 is 28.2 Å². The minimum Gasteiger partial charge on any atom is -0.493 e. The summed E-state index contributed by atoms with van der Waals surface area (Å²) < 4.78 is 41.5. The minimum absolute atomic E-state index is 0.172. The fourth-order valence-corrected chi connectivity index (χ4v) is 6.95. The molecular weight excluding hydrogens is 554 g/mol. The van der Waals surface area contributed by atoms with Crippen molar-refractivity contribution in [3.63, 3.8) is 0 Å². The number of unbranched alkanes of at least 4 members (excludes halogenated alkanes) is 2. The van der Waals surface area contributed by atoms with Gasteiger partial charge in [-0.25, -0.2) is 9.37 Å². The fourth-order valence-electron chi connectivity index (χ4n) is 6.95. The monoisotopic (exact) mass is 600 g/mol. The molecule has 0 aliphatic carbocycles. The average molecular weight is 601 g/mol. The highest BCUT2D eigenvalue weighted by Crippen LogP contribution is 2.43. The lowest BCUT2D eigenvalue weighted by Crippen LogP contribution is -2.38. The van der Waals surface area contributed by atoms with Crippen LogP contribution in [0.1, 0.15) is 80.3 Å². The second-order valence-electron chi connectivity index (χ2n) is 12.7. The third kappa shape index (κ3) is 6.97. The molecule has 3 aliphatic rings. The largest absolute Gasteiger partial charge is 0.493 e. The Morgan fingerprint density at radius 1 is 1.26 bits per heavy atom. The van der Waals surface area contributed by atoms with Gasteiger partial charge in [0.1, 0.15) is 11.9 Å². The van der Waals surface area contributed by atoms with E-state index in [0.29, 0.717) is 39.1 Å². The first-order valence-electron chi connectivity index (χ1n) is 15.8. The Labute approximate surface area is 253 Å². The number of aryl methyl sites for hydroxylation is 2. The molecule has 2 saturated heterocycles. The minimum atomic E-state index is -1.13. The summed E-state index contributed by atoms with van der Waals surface area (Å²) in [7, 11) is 3.35. The molecule has 2 atom stereocenters. The Kier molecular flexibility index (Phi) is 10.2. The van der Waals surface area contributed by atoms with E-state index in [-0.39, 0.29) is 22.9 Å². The van der Waals surface area contributed by atoms with Crippen molar-refractivity contribution in [1.82, 2.24) is 14.8 Å². The number of rotatable bonds is 12. The standard InChI is InChI=1S/C33H46F2N4O4/c1-33(13-18-43-19-14-33)26-20-25(30(42-3)28(35)27(26)34)29(32(40)41)39-17-12-24(21-39)38(2)16-6-4-5-9-23-11-10-22-8-7-15-36-31(22)37-23/h10-11,20,24,29H,4-9,12-19,21H2,1-3H3,(H,36,37)(H,40,41)/t24-,29-/m1/s1. The molecule has 2 N–H and O–H groups in total. The molecule has 2 aromatic rings. The number of nitrogens with one attached hydrogen (secondary N) is 1. The highest BCUT2D eigenvalue weighted by atomic mass is 19.2. The van der Waals surface area contributed by atoms with Crippen molar-refractivity contribution >= 4 is 11.8 Å². The smallest absolute Gasteiger partial charge is 0.325 e. The van der Waals surface area contributed by atoms with Crippen LogP contribution >= 0.6 is 0 Å². The Morgan fingerprint density at radius 3 is 2.79 bits per heavy atom. The number of aromatic nitrogens is 1. The molecule has 0 saturated carbocycles. The highest BCUT2D eigenvalue weighted by Gasteiger charge is 2.41. The van der Waals surface area contributed by atoms with Crippen LogP contribution in [0.3, 0.4) is 0 Å². The molecule has 10 heteroatoms. The summed E-state index contributed by atoms with van der Waals surface area (Å²) >= 11 is 0. The third-order valence-corrected chi connectivity index (χ3v) is 9.75. The number of methoxy groups -OCH3 is 1. The van der Waals surface area contributed by atoms with E-state index < -0.39 is 29.1 Å². The van der Waals surface area contributed by atoms with E-state index in [0.717, 1.165) is 69.5 Å². The maximum Gasteiger partial charge on any atom is 0.325 e. The van der Waals surface area contributed by atoms with Gasteiger partial charge in [-0.15, -0.1) is 0 Å². The van der Waals surface area contributed by atoms with E-state index in [4.69, 9.17) is 14.5 Å². The predicted molar refractivity (Wildman–Crippen MR) is 162 cm³/mol. The molecule has 1 aromatic heterocycles. The molecule has 0 radical (unpaired) electrons. The van der Waals surface area contributed by atoms with Gasteiger partial charge in [0, 0.05) is 50.1 Å². The van der Waals surface area contributed by atoms with Crippen LogP contribution in [0.4, 0.5) is 14.6 Å². The number of likely N-dealkylation sites (N-methyl/N-ethyl adjacent to an activating group) is 1. The molecule has 1 aromatic carbocycles. The van der Waals surface area contributed by atoms with Crippen LogP contribution < -0.4 is 10.1 Å². The van der Waals surface area contributed by atoms with Crippen molar-refractivity contribution in [3.8, 4) is 5.75 Å². The van der Waals surface area contributed by atoms with E-state index in [9.17, 15) is 9.90 Å². The zero-order chi connectivity index (χ0) is 30.6. The first kappa shape index (κ1) is 31.6. The van der Waals surface area contributed by atoms with E-state index in [1.54, 1.807) is 0 Å². The van der Waals surface area contributed by atoms with Gasteiger partial charge in [0.15, 0.2) is 11.6 Å². The quantitative estimate of drug-likeness (QED) is 0.316. The summed E-state index contributed by atoms with van der Waals surface area (Å²) in [5.41, 5.74) is 2.17. The molecule has 5 rings (SSSR count). The second kappa shape index (κ2) is 13.9. The lowest BCUT2D eigenvalue weighted by molar-refractivity contribution is -0.143. The van der Waals surface area contributed by atoms with Gasteiger partial charge in [0.05, 0.1) is 7.11 Å². The zero-order valence-electron chi connectivity index (χ0n) is 25.8. The Bertz CT molecular complexity index is 1290. The van der Waals surface area contributed by atoms with Crippen molar-refractivity contribution in [2.75, 3.05) is 58.9 Å². The number of halogens is 2. The van der Waals surface area contributed by atoms with Gasteiger partial charge in [-0.2, -0.15) is 4.39 Å². The van der Waals surface area contributed by atoms with Crippen LogP contribution in [0.2, 0.25) is 0 Å². The molecule has 0 bridgehead atoms. The molecule has 0 spiro atoms. The highest BCUT2D eigenvalue weighted by molar-refractivity contribution is 5.77. The maximum atomic E-state index is 15.4. The third-order valence-electron chi connectivity index (χ3n) is 9.75. The summed E-state index contributed by atoms with van der Waals surface area (Å²) in [5, 5.41) is 13.8. The van der Waals surface area contributed by atoms with Gasteiger partial charge in [-0.05, 0) is 93.6 Å². The first-order chi connectivity index (χ1) is 20.7. The second-order valence-corrected chi connectivity index (χ2v) is 12.7. The number of carboxylic acids is 1. The number of hydrogen-bond acceptors (Lipinski definition) is 7. The number of aliphatic carboxylic acids is 1. The van der Waals surface area contributed by atoms with E-state index in [1.165, 1.54) is 18.7 Å². The van der Waals surface area contributed by atoms with Gasteiger partial charge in [-0.1, -0.05) is 19.4 Å². The van der Waals surface area contributed by atoms with Gasteiger partial charge in [-0.3, -0.25) is 9.69 Å². The van der Waals surface area contributed by atoms with Gasteiger partial charge in [0.2, 0.25) is 5.82 Å². The van der Waals surface area contributed by atoms with Crippen LogP contribution in [0, 0.1) is 11.6 Å². The molecule has 0 amide bonds. The fraction of sp³-hybridized carbons (Fsp3) is 0.636. The number of nitrogens with zero attached hydrogens (tertiary/aromatic N) is 3. The lowest BCUT2D eigenvalue weighted by atomic mass is 9.75. The van der Waals surface area contributed by atoms with Crippen LogP contribution in [0.25, 0.3) is 0 Å². The summed E-state index contributed by atoms with van der Waals surface area (Å²) in [4.78, 5) is 21.6. The van der Waals surface area contributed by atoms with E-state index in [1.807, 2.05) is 11.8 Å². The zero-order valence-corrected chi connectivity index (χ0v) is 25.8. The van der Waals surface area contributed by atoms with Gasteiger partial charge < -0.3 is 24.8 Å². The average Bonchev–Trinajstić information content (AvgIpc) is 3.48. The Balaban J connectivity index is 1.20. The normalized spacial score (nSPS) is 20.9.